The molecule has 1 aliphatic rings. The van der Waals surface area contributed by atoms with Crippen molar-refractivity contribution in [1.29, 1.82) is 0 Å². The topological polar surface area (TPSA) is 33.7 Å². The number of rotatable bonds is 8. The molecule has 0 aromatic carbocycles. The van der Waals surface area contributed by atoms with Crippen LogP contribution in [0.4, 0.5) is 0 Å². The van der Waals surface area contributed by atoms with E-state index in [9.17, 15) is 0 Å². The van der Waals surface area contributed by atoms with Crippen LogP contribution in [0.1, 0.15) is 27.2 Å². The van der Waals surface area contributed by atoms with Gasteiger partial charge in [0.15, 0.2) is 0 Å². The van der Waals surface area contributed by atoms with E-state index < -0.39 is 0 Å². The van der Waals surface area contributed by atoms with Crippen molar-refractivity contribution in [2.24, 2.45) is 0 Å². The van der Waals surface area contributed by atoms with E-state index in [1.165, 1.54) is 0 Å². The van der Waals surface area contributed by atoms with Gasteiger partial charge in [0.2, 0.25) is 0 Å². The van der Waals surface area contributed by atoms with Crippen molar-refractivity contribution in [1.82, 2.24) is 10.2 Å². The van der Waals surface area contributed by atoms with Crippen LogP contribution in [-0.4, -0.2) is 63.0 Å². The average Bonchev–Trinajstić information content (AvgIpc) is 2.34. The maximum absolute atomic E-state index is 5.75. The molecular formula is C13H28N2O2. The van der Waals surface area contributed by atoms with Crippen LogP contribution in [0.5, 0.6) is 0 Å². The average molecular weight is 244 g/mol. The van der Waals surface area contributed by atoms with E-state index in [0.29, 0.717) is 12.1 Å². The van der Waals surface area contributed by atoms with Gasteiger partial charge >= 0.3 is 0 Å². The molecule has 0 radical (unpaired) electrons. The van der Waals surface area contributed by atoms with Crippen LogP contribution < -0.4 is 5.32 Å². The van der Waals surface area contributed by atoms with Crippen molar-refractivity contribution < 1.29 is 9.47 Å². The maximum Gasteiger partial charge on any atom is 0.0826 e. The van der Waals surface area contributed by atoms with Crippen molar-refractivity contribution >= 4 is 0 Å². The van der Waals surface area contributed by atoms with Crippen LogP contribution >= 0.6 is 0 Å². The van der Waals surface area contributed by atoms with E-state index in [0.717, 1.165) is 52.4 Å². The lowest BCUT2D eigenvalue weighted by Crippen LogP contribution is -2.49. The van der Waals surface area contributed by atoms with Crippen molar-refractivity contribution in [2.45, 2.75) is 39.3 Å². The minimum atomic E-state index is 0.346. The van der Waals surface area contributed by atoms with Crippen LogP contribution in [0.2, 0.25) is 0 Å². The Balaban J connectivity index is 2.02. The molecule has 0 spiro atoms. The van der Waals surface area contributed by atoms with E-state index >= 15 is 0 Å². The Morgan fingerprint density at radius 3 is 3.00 bits per heavy atom. The molecule has 0 amide bonds. The van der Waals surface area contributed by atoms with E-state index in [-0.39, 0.29) is 0 Å². The lowest BCUT2D eigenvalue weighted by atomic mass is 10.2. The Hall–Kier alpha value is -0.160. The lowest BCUT2D eigenvalue weighted by molar-refractivity contribution is -0.0372. The summed E-state index contributed by atoms with van der Waals surface area (Å²) in [7, 11) is 0. The fourth-order valence-corrected chi connectivity index (χ4v) is 2.04. The van der Waals surface area contributed by atoms with Gasteiger partial charge in [0.25, 0.3) is 0 Å². The predicted octanol–water partition coefficient (Wildman–Crippen LogP) is 1.11. The first-order valence-corrected chi connectivity index (χ1v) is 6.88. The fraction of sp³-hybridized carbons (Fsp3) is 1.00. The lowest BCUT2D eigenvalue weighted by Gasteiger charge is -2.35. The number of hydrogen-bond acceptors (Lipinski definition) is 4. The highest BCUT2D eigenvalue weighted by atomic mass is 16.5. The summed E-state index contributed by atoms with van der Waals surface area (Å²) >= 11 is 0. The van der Waals surface area contributed by atoms with Crippen LogP contribution in [0.15, 0.2) is 0 Å². The number of nitrogens with zero attached hydrogens (tertiary/aromatic N) is 1. The molecule has 0 bridgehead atoms. The smallest absolute Gasteiger partial charge is 0.0826 e. The van der Waals surface area contributed by atoms with Crippen LogP contribution in [0.3, 0.4) is 0 Å². The van der Waals surface area contributed by atoms with Gasteiger partial charge in [0, 0.05) is 38.9 Å². The van der Waals surface area contributed by atoms with Gasteiger partial charge in [-0.15, -0.1) is 0 Å². The summed E-state index contributed by atoms with van der Waals surface area (Å²) in [5.41, 5.74) is 0. The first kappa shape index (κ1) is 14.9. The molecule has 1 rings (SSSR count). The highest BCUT2D eigenvalue weighted by molar-refractivity contribution is 4.75. The summed E-state index contributed by atoms with van der Waals surface area (Å²) in [6.45, 7) is 13.1. The molecule has 1 N–H and O–H groups in total. The molecule has 1 fully saturated rings. The van der Waals surface area contributed by atoms with Crippen molar-refractivity contribution in [3.63, 3.8) is 0 Å². The van der Waals surface area contributed by atoms with Gasteiger partial charge in [-0.1, -0.05) is 0 Å². The standard InChI is InChI=1S/C13H28N2O2/c1-4-16-8-5-6-14-10-13-11-15(12(2)3)7-9-17-13/h12-14H,4-11H2,1-3H3. The summed E-state index contributed by atoms with van der Waals surface area (Å²) < 4.78 is 11.0. The predicted molar refractivity (Wildman–Crippen MR) is 70.4 cm³/mol. The zero-order chi connectivity index (χ0) is 12.5. The molecule has 1 heterocycles. The first-order valence-electron chi connectivity index (χ1n) is 6.88. The fourth-order valence-electron chi connectivity index (χ4n) is 2.04. The molecule has 0 saturated carbocycles. The number of nitrogens with one attached hydrogen (secondary N) is 1. The second kappa shape index (κ2) is 8.86. The van der Waals surface area contributed by atoms with Crippen molar-refractivity contribution in [3.05, 3.63) is 0 Å². The van der Waals surface area contributed by atoms with Crippen LogP contribution in [-0.2, 0) is 9.47 Å². The SMILES string of the molecule is CCOCCCNCC1CN(C(C)C)CCO1. The van der Waals surface area contributed by atoms with Gasteiger partial charge in [-0.05, 0) is 33.7 Å². The summed E-state index contributed by atoms with van der Waals surface area (Å²) in [4.78, 5) is 2.48. The molecule has 1 saturated heterocycles. The molecule has 0 aromatic heterocycles. The van der Waals surface area contributed by atoms with Crippen molar-refractivity contribution in [2.75, 3.05) is 46.0 Å². The third kappa shape index (κ3) is 6.36. The van der Waals surface area contributed by atoms with Gasteiger partial charge in [0.05, 0.1) is 12.7 Å². The minimum Gasteiger partial charge on any atom is -0.382 e. The Morgan fingerprint density at radius 1 is 1.47 bits per heavy atom. The summed E-state index contributed by atoms with van der Waals surface area (Å²) in [6, 6.07) is 0.624. The molecular weight excluding hydrogens is 216 g/mol. The monoisotopic (exact) mass is 244 g/mol. The van der Waals surface area contributed by atoms with E-state index in [1.54, 1.807) is 0 Å². The Morgan fingerprint density at radius 2 is 2.29 bits per heavy atom. The quantitative estimate of drug-likeness (QED) is 0.649. The Kier molecular flexibility index (Phi) is 7.77. The molecule has 0 aliphatic carbocycles. The first-order chi connectivity index (χ1) is 8.24. The molecule has 4 heteroatoms. The molecule has 4 nitrogen and oxygen atoms in total. The van der Waals surface area contributed by atoms with Crippen molar-refractivity contribution in [3.8, 4) is 0 Å². The number of hydrogen-bond donors (Lipinski definition) is 1. The summed E-state index contributed by atoms with van der Waals surface area (Å²) in [6.07, 6.45) is 1.42. The third-order valence-electron chi connectivity index (χ3n) is 3.12. The molecule has 17 heavy (non-hydrogen) atoms. The Bertz CT molecular complexity index is 188. The maximum atomic E-state index is 5.75. The van der Waals surface area contributed by atoms with Gasteiger partial charge in [-0.2, -0.15) is 0 Å². The zero-order valence-electron chi connectivity index (χ0n) is 11.6. The normalized spacial score (nSPS) is 22.2. The zero-order valence-corrected chi connectivity index (χ0v) is 11.6. The molecule has 102 valence electrons. The second-order valence-electron chi connectivity index (χ2n) is 4.84. The van der Waals surface area contributed by atoms with E-state index in [2.05, 4.69) is 24.1 Å². The molecule has 0 aromatic rings. The van der Waals surface area contributed by atoms with Gasteiger partial charge in [-0.25, -0.2) is 0 Å². The van der Waals surface area contributed by atoms with Gasteiger partial charge < -0.3 is 14.8 Å². The highest BCUT2D eigenvalue weighted by Crippen LogP contribution is 2.07. The molecule has 1 unspecified atom stereocenters. The summed E-state index contributed by atoms with van der Waals surface area (Å²) in [5, 5.41) is 3.44. The number of ether oxygens (including phenoxy) is 2. The number of morpholine rings is 1. The minimum absolute atomic E-state index is 0.346. The van der Waals surface area contributed by atoms with Gasteiger partial charge in [-0.3, -0.25) is 4.90 Å². The highest BCUT2D eigenvalue weighted by Gasteiger charge is 2.21. The van der Waals surface area contributed by atoms with Crippen LogP contribution in [0, 0.1) is 0 Å². The largest absolute Gasteiger partial charge is 0.382 e. The van der Waals surface area contributed by atoms with Crippen LogP contribution in [0.25, 0.3) is 0 Å². The Labute approximate surface area is 106 Å². The summed E-state index contributed by atoms with van der Waals surface area (Å²) in [5.74, 6) is 0. The third-order valence-corrected chi connectivity index (χ3v) is 3.12. The van der Waals surface area contributed by atoms with Gasteiger partial charge in [0.1, 0.15) is 0 Å². The molecule has 1 atom stereocenters. The van der Waals surface area contributed by atoms with E-state index in [4.69, 9.17) is 9.47 Å². The van der Waals surface area contributed by atoms with E-state index in [1.807, 2.05) is 6.92 Å². The second-order valence-corrected chi connectivity index (χ2v) is 4.84. The molecule has 1 aliphatic heterocycles.